The van der Waals surface area contributed by atoms with E-state index in [0.29, 0.717) is 0 Å². The maximum Gasteiger partial charge on any atom is 0.321 e. The van der Waals surface area contributed by atoms with Gasteiger partial charge in [-0.2, -0.15) is 0 Å². The number of phenols is 1. The van der Waals surface area contributed by atoms with Crippen LogP contribution in [0.5, 0.6) is 5.75 Å². The van der Waals surface area contributed by atoms with E-state index in [4.69, 9.17) is 10.8 Å². The highest BCUT2D eigenvalue weighted by atomic mass is 35.5. The van der Waals surface area contributed by atoms with Gasteiger partial charge in [0.25, 0.3) is 0 Å². The van der Waals surface area contributed by atoms with E-state index in [1.165, 1.54) is 0 Å². The number of halogens is 1. The van der Waals surface area contributed by atoms with E-state index in [1.807, 2.05) is 13.8 Å². The van der Waals surface area contributed by atoms with E-state index in [1.54, 1.807) is 24.3 Å². The maximum atomic E-state index is 10.9. The molecule has 0 amide bonds. The van der Waals surface area contributed by atoms with Gasteiger partial charge in [0.15, 0.2) is 0 Å². The van der Waals surface area contributed by atoms with Crippen LogP contribution in [0.25, 0.3) is 0 Å². The van der Waals surface area contributed by atoms with Crippen molar-refractivity contribution in [3.8, 4) is 5.75 Å². The third-order valence-electron chi connectivity index (χ3n) is 2.67. The van der Waals surface area contributed by atoms with E-state index in [-0.39, 0.29) is 30.0 Å². The molecular formula is C12H18ClNO3. The molecule has 96 valence electrons. The molecule has 4 nitrogen and oxygen atoms in total. The Morgan fingerprint density at radius 2 is 1.71 bits per heavy atom. The fourth-order valence-corrected chi connectivity index (χ4v) is 1.86. The van der Waals surface area contributed by atoms with E-state index < -0.39 is 12.0 Å². The highest BCUT2D eigenvalue weighted by Gasteiger charge is 2.28. The van der Waals surface area contributed by atoms with Crippen LogP contribution in [0, 0.1) is 5.92 Å². The topological polar surface area (TPSA) is 83.5 Å². The van der Waals surface area contributed by atoms with Crippen LogP contribution in [0.4, 0.5) is 0 Å². The van der Waals surface area contributed by atoms with Crippen LogP contribution in [0.1, 0.15) is 25.3 Å². The summed E-state index contributed by atoms with van der Waals surface area (Å²) in [6, 6.07) is 5.58. The number of carboxylic acids is 1. The Balaban J connectivity index is 0.00000256. The van der Waals surface area contributed by atoms with Crippen molar-refractivity contribution in [2.45, 2.75) is 25.8 Å². The lowest BCUT2D eigenvalue weighted by molar-refractivity contribution is -0.139. The average Bonchev–Trinajstić information content (AvgIpc) is 2.20. The predicted octanol–water partition coefficient (Wildman–Crippen LogP) is 1.97. The molecule has 0 heterocycles. The number of hydrogen-bond donors (Lipinski definition) is 3. The number of carbonyl (C=O) groups is 1. The van der Waals surface area contributed by atoms with Crippen molar-refractivity contribution in [2.24, 2.45) is 11.7 Å². The molecule has 0 aromatic heterocycles. The summed E-state index contributed by atoms with van der Waals surface area (Å²) in [6.07, 6.45) is 0. The van der Waals surface area contributed by atoms with Crippen molar-refractivity contribution in [3.05, 3.63) is 29.8 Å². The van der Waals surface area contributed by atoms with Gasteiger partial charge in [-0.3, -0.25) is 4.79 Å². The second-order valence-electron chi connectivity index (χ2n) is 4.23. The molecule has 1 rings (SSSR count). The number of hydrogen-bond acceptors (Lipinski definition) is 3. The zero-order valence-electron chi connectivity index (χ0n) is 9.83. The van der Waals surface area contributed by atoms with Gasteiger partial charge in [-0.25, -0.2) is 0 Å². The van der Waals surface area contributed by atoms with Crippen molar-refractivity contribution in [2.75, 3.05) is 0 Å². The van der Waals surface area contributed by atoms with Crippen LogP contribution in [-0.2, 0) is 4.79 Å². The summed E-state index contributed by atoms with van der Waals surface area (Å²) in [7, 11) is 0. The first-order valence-electron chi connectivity index (χ1n) is 5.20. The van der Waals surface area contributed by atoms with Crippen molar-refractivity contribution in [1.29, 1.82) is 0 Å². The lowest BCUT2D eigenvalue weighted by Gasteiger charge is -2.25. The molecule has 17 heavy (non-hydrogen) atoms. The second kappa shape index (κ2) is 6.47. The minimum absolute atomic E-state index is 0. The first-order chi connectivity index (χ1) is 7.43. The third kappa shape index (κ3) is 3.91. The smallest absolute Gasteiger partial charge is 0.321 e. The fourth-order valence-electron chi connectivity index (χ4n) is 1.86. The van der Waals surface area contributed by atoms with Gasteiger partial charge in [-0.15, -0.1) is 12.4 Å². The predicted molar refractivity (Wildman–Crippen MR) is 68.5 cm³/mol. The van der Waals surface area contributed by atoms with E-state index in [0.717, 1.165) is 5.56 Å². The third-order valence-corrected chi connectivity index (χ3v) is 2.67. The van der Waals surface area contributed by atoms with E-state index >= 15 is 0 Å². The van der Waals surface area contributed by atoms with Gasteiger partial charge >= 0.3 is 5.97 Å². The standard InChI is InChI=1S/C12H17NO3.ClH/c1-7(2)10(11(13)12(15)16)8-3-5-9(14)6-4-8;/h3-7,10-11,14H,13H2,1-2H3,(H,15,16);1H/t10-,11-;/m0./s1. The molecule has 1 aromatic rings. The van der Waals surface area contributed by atoms with Gasteiger partial charge in [0.05, 0.1) is 0 Å². The minimum atomic E-state index is -1.01. The first kappa shape index (κ1) is 15.7. The van der Waals surface area contributed by atoms with E-state index in [9.17, 15) is 9.90 Å². The Hall–Kier alpha value is -1.26. The Labute approximate surface area is 107 Å². The summed E-state index contributed by atoms with van der Waals surface area (Å²) in [5.74, 6) is -0.976. The van der Waals surface area contributed by atoms with Crippen LogP contribution >= 0.6 is 12.4 Å². The quantitative estimate of drug-likeness (QED) is 0.772. The van der Waals surface area contributed by atoms with Crippen molar-refractivity contribution >= 4 is 18.4 Å². The molecule has 4 N–H and O–H groups in total. The van der Waals surface area contributed by atoms with Gasteiger partial charge < -0.3 is 15.9 Å². The van der Waals surface area contributed by atoms with Gasteiger partial charge in [-0.05, 0) is 23.6 Å². The Morgan fingerprint density at radius 1 is 1.24 bits per heavy atom. The largest absolute Gasteiger partial charge is 0.508 e. The molecular weight excluding hydrogens is 242 g/mol. The minimum Gasteiger partial charge on any atom is -0.508 e. The number of nitrogens with two attached hydrogens (primary N) is 1. The molecule has 0 aliphatic carbocycles. The molecule has 0 fully saturated rings. The fraction of sp³-hybridized carbons (Fsp3) is 0.417. The average molecular weight is 260 g/mol. The van der Waals surface area contributed by atoms with Crippen molar-refractivity contribution in [1.82, 2.24) is 0 Å². The molecule has 0 spiro atoms. The number of phenolic OH excluding ortho intramolecular Hbond substituents is 1. The Bertz CT molecular complexity index is 365. The number of carboxylic acid groups (broad SMARTS) is 1. The number of rotatable bonds is 4. The summed E-state index contributed by atoms with van der Waals surface area (Å²) in [5, 5.41) is 18.1. The summed E-state index contributed by atoms with van der Waals surface area (Å²) >= 11 is 0. The van der Waals surface area contributed by atoms with Crippen molar-refractivity contribution in [3.63, 3.8) is 0 Å². The molecule has 0 bridgehead atoms. The molecule has 0 unspecified atom stereocenters. The van der Waals surface area contributed by atoms with Crippen molar-refractivity contribution < 1.29 is 15.0 Å². The Morgan fingerprint density at radius 3 is 2.06 bits per heavy atom. The van der Waals surface area contributed by atoms with Gasteiger partial charge in [0.2, 0.25) is 0 Å². The van der Waals surface area contributed by atoms with Crippen LogP contribution < -0.4 is 5.73 Å². The molecule has 2 atom stereocenters. The molecule has 0 saturated carbocycles. The highest BCUT2D eigenvalue weighted by molar-refractivity contribution is 5.85. The van der Waals surface area contributed by atoms with Gasteiger partial charge in [0, 0.05) is 5.92 Å². The highest BCUT2D eigenvalue weighted by Crippen LogP contribution is 2.28. The normalized spacial score (nSPS) is 13.9. The molecule has 1 aromatic carbocycles. The molecule has 0 aliphatic rings. The number of aromatic hydroxyl groups is 1. The van der Waals surface area contributed by atoms with E-state index in [2.05, 4.69) is 0 Å². The maximum absolute atomic E-state index is 10.9. The molecule has 0 saturated heterocycles. The lowest BCUT2D eigenvalue weighted by atomic mass is 9.83. The van der Waals surface area contributed by atoms with Crippen LogP contribution in [0.2, 0.25) is 0 Å². The summed E-state index contributed by atoms with van der Waals surface area (Å²) in [4.78, 5) is 10.9. The lowest BCUT2D eigenvalue weighted by Crippen LogP contribution is -2.38. The number of benzene rings is 1. The van der Waals surface area contributed by atoms with Crippen LogP contribution in [0.3, 0.4) is 0 Å². The van der Waals surface area contributed by atoms with Gasteiger partial charge in [-0.1, -0.05) is 26.0 Å². The van der Waals surface area contributed by atoms with Crippen LogP contribution in [0.15, 0.2) is 24.3 Å². The monoisotopic (exact) mass is 259 g/mol. The zero-order chi connectivity index (χ0) is 12.3. The van der Waals surface area contributed by atoms with Crippen LogP contribution in [-0.4, -0.2) is 22.2 Å². The molecule has 0 aliphatic heterocycles. The molecule has 0 radical (unpaired) electrons. The SMILES string of the molecule is CC(C)[C@@H](c1ccc(O)cc1)[C@H](N)C(=O)O.Cl. The first-order valence-corrected chi connectivity index (χ1v) is 5.20. The summed E-state index contributed by atoms with van der Waals surface area (Å²) < 4.78 is 0. The number of aliphatic carboxylic acids is 1. The zero-order valence-corrected chi connectivity index (χ0v) is 10.6. The second-order valence-corrected chi connectivity index (χ2v) is 4.23. The summed E-state index contributed by atoms with van der Waals surface area (Å²) in [5.41, 5.74) is 6.51. The summed E-state index contributed by atoms with van der Waals surface area (Å²) in [6.45, 7) is 3.86. The molecule has 5 heteroatoms. The van der Waals surface area contributed by atoms with Gasteiger partial charge in [0.1, 0.15) is 11.8 Å². The Kier molecular flexibility index (Phi) is 5.99.